The Morgan fingerprint density at radius 2 is 1.94 bits per heavy atom. The highest BCUT2D eigenvalue weighted by molar-refractivity contribution is 5.72. The first-order chi connectivity index (χ1) is 8.32. The highest BCUT2D eigenvalue weighted by Crippen LogP contribution is 2.23. The van der Waals surface area contributed by atoms with Crippen LogP contribution in [-0.2, 0) is 4.79 Å². The van der Waals surface area contributed by atoms with Crippen molar-refractivity contribution in [2.75, 3.05) is 6.54 Å². The van der Waals surface area contributed by atoms with Crippen LogP contribution in [-0.4, -0.2) is 28.8 Å². The van der Waals surface area contributed by atoms with Crippen molar-refractivity contribution in [3.63, 3.8) is 0 Å². The summed E-state index contributed by atoms with van der Waals surface area (Å²) in [7, 11) is 0. The number of benzene rings is 1. The molecule has 100 valence electrons. The van der Waals surface area contributed by atoms with Gasteiger partial charge in [-0.05, 0) is 18.6 Å². The number of rotatable bonds is 4. The molecule has 0 heterocycles. The van der Waals surface area contributed by atoms with Crippen molar-refractivity contribution in [1.82, 2.24) is 5.32 Å². The molecule has 0 radical (unpaired) electrons. The van der Waals surface area contributed by atoms with E-state index in [-0.39, 0.29) is 23.6 Å². The summed E-state index contributed by atoms with van der Waals surface area (Å²) in [6, 6.07) is 1.78. The quantitative estimate of drug-likeness (QED) is 0.749. The van der Waals surface area contributed by atoms with Crippen molar-refractivity contribution < 1.29 is 23.8 Å². The summed E-state index contributed by atoms with van der Waals surface area (Å²) in [5, 5.41) is 21.6. The van der Waals surface area contributed by atoms with Gasteiger partial charge in [-0.2, -0.15) is 0 Å². The number of nitrogens with one attached hydrogen (secondary N) is 1. The maximum atomic E-state index is 13.4. The largest absolute Gasteiger partial charge is 0.388 e. The van der Waals surface area contributed by atoms with E-state index < -0.39 is 23.8 Å². The van der Waals surface area contributed by atoms with Crippen molar-refractivity contribution >= 4 is 5.91 Å². The van der Waals surface area contributed by atoms with Crippen LogP contribution in [0.15, 0.2) is 12.1 Å². The molecule has 6 heteroatoms. The second kappa shape index (κ2) is 5.88. The van der Waals surface area contributed by atoms with Gasteiger partial charge in [0.2, 0.25) is 5.91 Å². The first-order valence-corrected chi connectivity index (χ1v) is 5.39. The molecule has 0 aliphatic rings. The molecule has 1 aromatic rings. The van der Waals surface area contributed by atoms with E-state index in [1.807, 2.05) is 0 Å². The number of aliphatic hydroxyl groups excluding tert-OH is 2. The fourth-order valence-electron chi connectivity index (χ4n) is 1.47. The highest BCUT2D eigenvalue weighted by atomic mass is 19.1. The molecule has 0 fully saturated rings. The molecule has 0 spiro atoms. The lowest BCUT2D eigenvalue weighted by Gasteiger charge is -2.19. The number of hydrogen-bond acceptors (Lipinski definition) is 3. The second-order valence-electron chi connectivity index (χ2n) is 4.07. The van der Waals surface area contributed by atoms with Gasteiger partial charge < -0.3 is 15.5 Å². The molecule has 1 rings (SSSR count). The molecule has 2 unspecified atom stereocenters. The number of aryl methyl sites for hydroxylation is 1. The fourth-order valence-corrected chi connectivity index (χ4v) is 1.47. The van der Waals surface area contributed by atoms with Crippen LogP contribution < -0.4 is 5.32 Å². The van der Waals surface area contributed by atoms with E-state index in [2.05, 4.69) is 5.32 Å². The smallest absolute Gasteiger partial charge is 0.216 e. The molecule has 0 aliphatic heterocycles. The maximum Gasteiger partial charge on any atom is 0.216 e. The Bertz CT molecular complexity index is 451. The first-order valence-electron chi connectivity index (χ1n) is 5.39. The number of halogens is 2. The van der Waals surface area contributed by atoms with E-state index >= 15 is 0 Å². The van der Waals surface area contributed by atoms with Gasteiger partial charge in [-0.25, -0.2) is 8.78 Å². The van der Waals surface area contributed by atoms with Gasteiger partial charge in [0.25, 0.3) is 0 Å². The van der Waals surface area contributed by atoms with E-state index in [0.717, 1.165) is 6.07 Å². The molecular weight excluding hydrogens is 244 g/mol. The molecule has 0 bridgehead atoms. The Labute approximate surface area is 103 Å². The molecule has 0 saturated carbocycles. The van der Waals surface area contributed by atoms with Gasteiger partial charge in [-0.3, -0.25) is 4.79 Å². The van der Waals surface area contributed by atoms with Crippen LogP contribution in [0, 0.1) is 18.6 Å². The summed E-state index contributed by atoms with van der Waals surface area (Å²) in [4.78, 5) is 10.6. The minimum absolute atomic E-state index is 0.164. The molecule has 4 nitrogen and oxygen atoms in total. The van der Waals surface area contributed by atoms with Gasteiger partial charge in [0.15, 0.2) is 0 Å². The van der Waals surface area contributed by atoms with Crippen molar-refractivity contribution in [3.8, 4) is 0 Å². The molecule has 18 heavy (non-hydrogen) atoms. The topological polar surface area (TPSA) is 69.6 Å². The maximum absolute atomic E-state index is 13.4. The fraction of sp³-hybridized carbons (Fsp3) is 0.417. The number of carbonyl (C=O) groups is 1. The Hall–Kier alpha value is -1.53. The zero-order chi connectivity index (χ0) is 13.9. The summed E-state index contributed by atoms with van der Waals surface area (Å²) in [5.41, 5.74) is -0.0380. The van der Waals surface area contributed by atoms with Crippen LogP contribution in [0.1, 0.15) is 24.2 Å². The summed E-state index contributed by atoms with van der Waals surface area (Å²) in [6.07, 6.45) is -2.90. The molecule has 2 atom stereocenters. The monoisotopic (exact) mass is 259 g/mol. The lowest BCUT2D eigenvalue weighted by Crippen LogP contribution is -2.34. The molecule has 1 amide bonds. The zero-order valence-electron chi connectivity index (χ0n) is 10.1. The van der Waals surface area contributed by atoms with Crippen LogP contribution in [0.5, 0.6) is 0 Å². The summed E-state index contributed by atoms with van der Waals surface area (Å²) >= 11 is 0. The number of hydrogen-bond donors (Lipinski definition) is 3. The van der Waals surface area contributed by atoms with Crippen LogP contribution in [0.4, 0.5) is 8.78 Å². The molecule has 3 N–H and O–H groups in total. The summed E-state index contributed by atoms with van der Waals surface area (Å²) in [5.74, 6) is -2.04. The lowest BCUT2D eigenvalue weighted by atomic mass is 10.0. The molecule has 0 aliphatic carbocycles. The average Bonchev–Trinajstić information content (AvgIpc) is 2.29. The number of aliphatic hydroxyl groups is 2. The lowest BCUT2D eigenvalue weighted by molar-refractivity contribution is -0.119. The van der Waals surface area contributed by atoms with Crippen molar-refractivity contribution in [2.45, 2.75) is 26.1 Å². The van der Waals surface area contributed by atoms with Crippen molar-refractivity contribution in [1.29, 1.82) is 0 Å². The summed E-state index contributed by atoms with van der Waals surface area (Å²) in [6.45, 7) is 2.46. The number of carbonyl (C=O) groups excluding carboxylic acids is 1. The van der Waals surface area contributed by atoms with E-state index in [0.29, 0.717) is 6.07 Å². The Morgan fingerprint density at radius 3 is 2.50 bits per heavy atom. The molecule has 0 aromatic heterocycles. The second-order valence-corrected chi connectivity index (χ2v) is 4.07. The Morgan fingerprint density at radius 1 is 1.33 bits per heavy atom. The number of amides is 1. The van der Waals surface area contributed by atoms with Crippen LogP contribution >= 0.6 is 0 Å². The third kappa shape index (κ3) is 3.48. The van der Waals surface area contributed by atoms with Gasteiger partial charge in [0.05, 0.1) is 0 Å². The SMILES string of the molecule is CC(=O)NCC(O)C(O)c1cc(C)c(F)cc1F. The van der Waals surface area contributed by atoms with E-state index in [4.69, 9.17) is 0 Å². The molecule has 1 aromatic carbocycles. The van der Waals surface area contributed by atoms with Crippen LogP contribution in [0.25, 0.3) is 0 Å². The van der Waals surface area contributed by atoms with Crippen LogP contribution in [0.2, 0.25) is 0 Å². The predicted octanol–water partition coefficient (Wildman–Crippen LogP) is 0.804. The molecular formula is C12H15F2NO3. The third-order valence-corrected chi connectivity index (χ3v) is 2.52. The van der Waals surface area contributed by atoms with Crippen molar-refractivity contribution in [3.05, 3.63) is 34.9 Å². The van der Waals surface area contributed by atoms with Gasteiger partial charge in [0, 0.05) is 25.1 Å². The summed E-state index contributed by atoms with van der Waals surface area (Å²) < 4.78 is 26.5. The average molecular weight is 259 g/mol. The highest BCUT2D eigenvalue weighted by Gasteiger charge is 2.22. The van der Waals surface area contributed by atoms with Gasteiger partial charge in [-0.1, -0.05) is 0 Å². The van der Waals surface area contributed by atoms with Gasteiger partial charge >= 0.3 is 0 Å². The van der Waals surface area contributed by atoms with Gasteiger partial charge in [-0.15, -0.1) is 0 Å². The van der Waals surface area contributed by atoms with E-state index in [1.165, 1.54) is 13.8 Å². The van der Waals surface area contributed by atoms with Crippen molar-refractivity contribution in [2.24, 2.45) is 0 Å². The Balaban J connectivity index is 2.86. The minimum Gasteiger partial charge on any atom is -0.388 e. The Kier molecular flexibility index (Phi) is 4.75. The normalized spacial score (nSPS) is 14.1. The van der Waals surface area contributed by atoms with E-state index in [9.17, 15) is 23.8 Å². The van der Waals surface area contributed by atoms with E-state index in [1.54, 1.807) is 0 Å². The minimum atomic E-state index is -1.53. The van der Waals surface area contributed by atoms with Gasteiger partial charge in [0.1, 0.15) is 23.8 Å². The predicted molar refractivity (Wildman–Crippen MR) is 60.7 cm³/mol. The van der Waals surface area contributed by atoms with Crippen LogP contribution in [0.3, 0.4) is 0 Å². The third-order valence-electron chi connectivity index (χ3n) is 2.52. The zero-order valence-corrected chi connectivity index (χ0v) is 10.1. The molecule has 0 saturated heterocycles. The standard InChI is InChI=1S/C12H15F2NO3/c1-6-3-8(10(14)4-9(6)13)12(18)11(17)5-15-7(2)16/h3-4,11-12,17-18H,5H2,1-2H3,(H,15,16). The first kappa shape index (κ1) is 14.5.